The van der Waals surface area contributed by atoms with Gasteiger partial charge in [-0.2, -0.15) is 0 Å². The van der Waals surface area contributed by atoms with Crippen molar-refractivity contribution < 1.29 is 14.3 Å². The van der Waals surface area contributed by atoms with E-state index in [4.69, 9.17) is 4.74 Å². The monoisotopic (exact) mass is 434 g/mol. The predicted molar refractivity (Wildman–Crippen MR) is 127 cm³/mol. The second-order valence-corrected chi connectivity index (χ2v) is 9.07. The smallest absolute Gasteiger partial charge is 0.225 e. The molecular formula is C27H34N2O3. The highest BCUT2D eigenvalue weighted by Gasteiger charge is 2.34. The van der Waals surface area contributed by atoms with Crippen molar-refractivity contribution in [1.82, 2.24) is 4.90 Å². The summed E-state index contributed by atoms with van der Waals surface area (Å²) in [6.45, 7) is 6.24. The van der Waals surface area contributed by atoms with E-state index >= 15 is 0 Å². The van der Waals surface area contributed by atoms with E-state index in [2.05, 4.69) is 31.3 Å². The first-order valence-electron chi connectivity index (χ1n) is 12.0. The van der Waals surface area contributed by atoms with Gasteiger partial charge in [0.25, 0.3) is 0 Å². The number of ether oxygens (including phenoxy) is 1. The topological polar surface area (TPSA) is 58.6 Å². The molecule has 5 heteroatoms. The fraction of sp³-hybridized carbons (Fsp3) is 0.481. The molecule has 0 aliphatic carbocycles. The van der Waals surface area contributed by atoms with Crippen LogP contribution in [0.15, 0.2) is 48.5 Å². The Morgan fingerprint density at radius 3 is 2.59 bits per heavy atom. The van der Waals surface area contributed by atoms with Gasteiger partial charge in [0.1, 0.15) is 5.75 Å². The molecule has 2 amide bonds. The molecule has 1 fully saturated rings. The highest BCUT2D eigenvalue weighted by atomic mass is 16.5. The Balaban J connectivity index is 1.50. The number of piperidine rings is 1. The fourth-order valence-corrected chi connectivity index (χ4v) is 5.10. The van der Waals surface area contributed by atoms with Gasteiger partial charge in [-0.05, 0) is 60.8 Å². The first kappa shape index (κ1) is 22.4. The Morgan fingerprint density at radius 1 is 1.06 bits per heavy atom. The summed E-state index contributed by atoms with van der Waals surface area (Å²) >= 11 is 0. The number of fused-ring (bicyclic) bond motifs is 2. The third-order valence-electron chi connectivity index (χ3n) is 7.09. The van der Waals surface area contributed by atoms with Crippen LogP contribution in [0.1, 0.15) is 46.0 Å². The lowest BCUT2D eigenvalue weighted by molar-refractivity contribution is -0.138. The largest absolute Gasteiger partial charge is 0.491 e. The molecule has 2 heterocycles. The van der Waals surface area contributed by atoms with Gasteiger partial charge in [0, 0.05) is 25.4 Å². The highest BCUT2D eigenvalue weighted by molar-refractivity contribution is 5.93. The molecule has 32 heavy (non-hydrogen) atoms. The van der Waals surface area contributed by atoms with E-state index < -0.39 is 0 Å². The van der Waals surface area contributed by atoms with Crippen LogP contribution in [0.5, 0.6) is 5.75 Å². The number of nitrogens with zero attached hydrogens (tertiary/aromatic N) is 1. The number of carbonyl (C=O) groups excluding carboxylic acids is 2. The molecule has 170 valence electrons. The second-order valence-electron chi connectivity index (χ2n) is 9.07. The van der Waals surface area contributed by atoms with Gasteiger partial charge in [0.05, 0.1) is 12.3 Å². The summed E-state index contributed by atoms with van der Waals surface area (Å²) in [6, 6.07) is 16.1. The molecule has 2 aliphatic rings. The van der Waals surface area contributed by atoms with Gasteiger partial charge in [-0.3, -0.25) is 9.59 Å². The van der Waals surface area contributed by atoms with Crippen LogP contribution >= 0.6 is 0 Å². The lowest BCUT2D eigenvalue weighted by Gasteiger charge is -2.40. The molecule has 5 nitrogen and oxygen atoms in total. The van der Waals surface area contributed by atoms with Crippen LogP contribution in [0.4, 0.5) is 5.69 Å². The Labute approximate surface area is 191 Å². The fourth-order valence-electron chi connectivity index (χ4n) is 5.10. The molecule has 1 N–H and O–H groups in total. The van der Waals surface area contributed by atoms with E-state index in [1.54, 1.807) is 0 Å². The van der Waals surface area contributed by atoms with Gasteiger partial charge in [0.15, 0.2) is 0 Å². The number of amides is 2. The normalized spacial score (nSPS) is 21.2. The predicted octanol–water partition coefficient (Wildman–Crippen LogP) is 5.37. The van der Waals surface area contributed by atoms with Crippen LogP contribution in [-0.4, -0.2) is 36.4 Å². The first-order chi connectivity index (χ1) is 15.6. The van der Waals surface area contributed by atoms with Crippen LogP contribution in [-0.2, 0) is 9.59 Å². The summed E-state index contributed by atoms with van der Waals surface area (Å²) in [5.74, 6) is 1.68. The van der Waals surface area contributed by atoms with Gasteiger partial charge in [-0.1, -0.05) is 50.2 Å². The third-order valence-corrected chi connectivity index (χ3v) is 7.09. The number of nitrogens with one attached hydrogen (secondary N) is 1. The maximum absolute atomic E-state index is 12.9. The van der Waals surface area contributed by atoms with Crippen LogP contribution in [0.2, 0.25) is 0 Å². The van der Waals surface area contributed by atoms with Crippen molar-refractivity contribution in [3.63, 3.8) is 0 Å². The summed E-state index contributed by atoms with van der Waals surface area (Å²) in [7, 11) is 0. The number of hydrogen-bond donors (Lipinski definition) is 1. The van der Waals surface area contributed by atoms with E-state index in [-0.39, 0.29) is 29.6 Å². The lowest BCUT2D eigenvalue weighted by atomic mass is 9.80. The molecule has 2 aromatic carbocycles. The maximum Gasteiger partial charge on any atom is 0.225 e. The van der Waals surface area contributed by atoms with Crippen LogP contribution in [0, 0.1) is 17.8 Å². The minimum atomic E-state index is 0.0248. The molecule has 0 saturated carbocycles. The third kappa shape index (κ3) is 4.98. The van der Waals surface area contributed by atoms with E-state index in [9.17, 15) is 9.59 Å². The van der Waals surface area contributed by atoms with Crippen molar-refractivity contribution in [2.45, 2.75) is 46.0 Å². The summed E-state index contributed by atoms with van der Waals surface area (Å²) in [4.78, 5) is 27.9. The highest BCUT2D eigenvalue weighted by Crippen LogP contribution is 2.35. The van der Waals surface area contributed by atoms with Crippen LogP contribution in [0.25, 0.3) is 11.1 Å². The zero-order valence-electron chi connectivity index (χ0n) is 19.2. The van der Waals surface area contributed by atoms with Gasteiger partial charge in [-0.25, -0.2) is 0 Å². The summed E-state index contributed by atoms with van der Waals surface area (Å²) < 4.78 is 6.12. The molecule has 0 bridgehead atoms. The van der Waals surface area contributed by atoms with Crippen molar-refractivity contribution in [3.05, 3.63) is 48.5 Å². The Kier molecular flexibility index (Phi) is 7.13. The molecular weight excluding hydrogens is 400 g/mol. The minimum absolute atomic E-state index is 0.0248. The molecule has 0 aromatic heterocycles. The first-order valence-corrected chi connectivity index (χ1v) is 12.0. The molecule has 0 unspecified atom stereocenters. The SMILES string of the molecule is CCC(CC)C(=O)N1CC[C@H]2CC(=O)Nc3cc(-c4ccccc4)ccc3OCC[C@H]2C1. The van der Waals surface area contributed by atoms with Crippen molar-refractivity contribution >= 4 is 17.5 Å². The van der Waals surface area contributed by atoms with Crippen molar-refractivity contribution in [3.8, 4) is 16.9 Å². The number of carbonyl (C=O) groups is 2. The number of rotatable bonds is 4. The average molecular weight is 435 g/mol. The Morgan fingerprint density at radius 2 is 1.84 bits per heavy atom. The molecule has 2 atom stereocenters. The number of likely N-dealkylation sites (tertiary alicyclic amines) is 1. The average Bonchev–Trinajstić information content (AvgIpc) is 2.82. The van der Waals surface area contributed by atoms with Crippen molar-refractivity contribution in [2.24, 2.45) is 17.8 Å². The number of anilines is 1. The second kappa shape index (κ2) is 10.2. The molecule has 2 aromatic rings. The molecule has 0 spiro atoms. The quantitative estimate of drug-likeness (QED) is 0.704. The maximum atomic E-state index is 12.9. The van der Waals surface area contributed by atoms with Crippen molar-refractivity contribution in [1.29, 1.82) is 0 Å². The van der Waals surface area contributed by atoms with Gasteiger partial charge in [-0.15, -0.1) is 0 Å². The zero-order chi connectivity index (χ0) is 22.5. The number of benzene rings is 2. The Hall–Kier alpha value is -2.82. The molecule has 4 rings (SSSR count). The van der Waals surface area contributed by atoms with Crippen LogP contribution in [0.3, 0.4) is 0 Å². The van der Waals surface area contributed by atoms with E-state index in [0.717, 1.165) is 55.6 Å². The Bertz CT molecular complexity index is 939. The molecule has 1 saturated heterocycles. The van der Waals surface area contributed by atoms with E-state index in [1.807, 2.05) is 41.3 Å². The van der Waals surface area contributed by atoms with Crippen molar-refractivity contribution in [2.75, 3.05) is 25.0 Å². The number of hydrogen-bond acceptors (Lipinski definition) is 3. The van der Waals surface area contributed by atoms with Gasteiger partial charge >= 0.3 is 0 Å². The van der Waals surface area contributed by atoms with E-state index in [0.29, 0.717) is 18.8 Å². The molecule has 0 radical (unpaired) electrons. The van der Waals surface area contributed by atoms with Gasteiger partial charge in [0.2, 0.25) is 11.8 Å². The zero-order valence-corrected chi connectivity index (χ0v) is 19.2. The van der Waals surface area contributed by atoms with Crippen LogP contribution < -0.4 is 10.1 Å². The summed E-state index contributed by atoms with van der Waals surface area (Å²) in [5.41, 5.74) is 2.89. The standard InChI is InChI=1S/C27H34N2O3/c1-3-19(4-2)27(31)29-14-12-22-17-26(30)28-24-16-21(20-8-6-5-7-9-20)10-11-25(24)32-15-13-23(22)18-29/h5-11,16,19,22-23H,3-4,12-15,17-18H2,1-2H3,(H,28,30)/t22-,23-/m0/s1. The lowest BCUT2D eigenvalue weighted by Crippen LogP contribution is -2.47. The van der Waals surface area contributed by atoms with E-state index in [1.165, 1.54) is 0 Å². The summed E-state index contributed by atoms with van der Waals surface area (Å²) in [5, 5.41) is 3.10. The summed E-state index contributed by atoms with van der Waals surface area (Å²) in [6.07, 6.45) is 3.98. The molecule has 2 aliphatic heterocycles. The minimum Gasteiger partial charge on any atom is -0.491 e. The van der Waals surface area contributed by atoms with Gasteiger partial charge < -0.3 is 15.0 Å².